The normalized spacial score (nSPS) is 24.1. The van der Waals surface area contributed by atoms with Crippen LogP contribution in [0.3, 0.4) is 0 Å². The van der Waals surface area contributed by atoms with Crippen LogP contribution in [0.5, 0.6) is 0 Å². The minimum Gasteiger partial charge on any atom is -0.310 e. The Hall–Kier alpha value is -0.980. The van der Waals surface area contributed by atoms with Crippen LogP contribution >= 0.6 is 0 Å². The molecule has 2 fully saturated rings. The summed E-state index contributed by atoms with van der Waals surface area (Å²) in [4.78, 5) is 4.15. The van der Waals surface area contributed by atoms with Crippen LogP contribution in [0.15, 0.2) is 23.4 Å². The first kappa shape index (κ1) is 14.0. The second-order valence-electron chi connectivity index (χ2n) is 5.92. The number of rotatable bonds is 5. The zero-order chi connectivity index (χ0) is 14.2. The van der Waals surface area contributed by atoms with Crippen molar-refractivity contribution in [3.8, 4) is 0 Å². The van der Waals surface area contributed by atoms with Gasteiger partial charge in [0.05, 0.1) is 0 Å². The minimum absolute atomic E-state index is 0.168. The molecule has 2 heterocycles. The van der Waals surface area contributed by atoms with Gasteiger partial charge < -0.3 is 5.32 Å². The molecule has 1 aliphatic carbocycles. The molecule has 1 aromatic heterocycles. The third kappa shape index (κ3) is 3.02. The predicted octanol–water partition coefficient (Wildman–Crippen LogP) is 1.36. The highest BCUT2D eigenvalue weighted by atomic mass is 32.2. The van der Waals surface area contributed by atoms with Crippen LogP contribution in [0.25, 0.3) is 0 Å². The van der Waals surface area contributed by atoms with Gasteiger partial charge in [-0.1, -0.05) is 13.0 Å². The lowest BCUT2D eigenvalue weighted by molar-refractivity contribution is 0.461. The number of pyridine rings is 1. The molecule has 0 aromatic carbocycles. The van der Waals surface area contributed by atoms with Gasteiger partial charge >= 0.3 is 0 Å². The second kappa shape index (κ2) is 5.42. The molecule has 2 aliphatic rings. The number of hydrogen-bond donors (Lipinski definition) is 1. The summed E-state index contributed by atoms with van der Waals surface area (Å²) in [7, 11) is -3.41. The maximum atomic E-state index is 12.4. The first-order valence-corrected chi connectivity index (χ1v) is 8.68. The van der Waals surface area contributed by atoms with Gasteiger partial charge in [-0.3, -0.25) is 0 Å². The molecule has 1 saturated heterocycles. The van der Waals surface area contributed by atoms with E-state index in [1.807, 2.05) is 6.07 Å². The fraction of sp³-hybridized carbons (Fsp3) is 0.643. The molecule has 1 saturated carbocycles. The molecular formula is C14H21N3O2S. The number of sulfonamides is 1. The molecular weight excluding hydrogens is 274 g/mol. The van der Waals surface area contributed by atoms with Crippen LogP contribution in [-0.2, 0) is 16.6 Å². The lowest BCUT2D eigenvalue weighted by atomic mass is 10.2. The smallest absolute Gasteiger partial charge is 0.260 e. The second-order valence-corrected chi connectivity index (χ2v) is 7.80. The number of aromatic nitrogens is 1. The molecule has 0 bridgehead atoms. The van der Waals surface area contributed by atoms with Gasteiger partial charge in [0.25, 0.3) is 10.0 Å². The van der Waals surface area contributed by atoms with Crippen LogP contribution in [0.2, 0.25) is 0 Å². The van der Waals surface area contributed by atoms with E-state index in [9.17, 15) is 8.42 Å². The lowest BCUT2D eigenvalue weighted by Gasteiger charge is -2.15. The van der Waals surface area contributed by atoms with Crippen molar-refractivity contribution >= 4 is 10.0 Å². The molecule has 110 valence electrons. The maximum absolute atomic E-state index is 12.4. The van der Waals surface area contributed by atoms with Crippen LogP contribution in [0.1, 0.15) is 31.7 Å². The van der Waals surface area contributed by atoms with E-state index in [1.165, 1.54) is 12.8 Å². The van der Waals surface area contributed by atoms with Crippen molar-refractivity contribution in [2.75, 3.05) is 13.1 Å². The Labute approximate surface area is 120 Å². The molecule has 0 radical (unpaired) electrons. The molecule has 6 heteroatoms. The SMILES string of the molecule is CC1CCN(S(=O)(=O)c2ccc(CNC3CC3)cn2)C1. The fourth-order valence-electron chi connectivity index (χ4n) is 2.46. The van der Waals surface area contributed by atoms with E-state index in [-0.39, 0.29) is 5.03 Å². The Kier molecular flexibility index (Phi) is 3.79. The largest absolute Gasteiger partial charge is 0.310 e. The van der Waals surface area contributed by atoms with Gasteiger partial charge in [0.1, 0.15) is 0 Å². The average Bonchev–Trinajstić information content (AvgIpc) is 3.17. The van der Waals surface area contributed by atoms with E-state index in [0.29, 0.717) is 25.0 Å². The summed E-state index contributed by atoms with van der Waals surface area (Å²) in [5.74, 6) is 0.437. The first-order chi connectivity index (χ1) is 9.55. The van der Waals surface area contributed by atoms with Crippen LogP contribution in [0.4, 0.5) is 0 Å². The number of hydrogen-bond acceptors (Lipinski definition) is 4. The topological polar surface area (TPSA) is 62.3 Å². The van der Waals surface area contributed by atoms with Gasteiger partial charge in [0.15, 0.2) is 5.03 Å². The molecule has 1 aliphatic heterocycles. The van der Waals surface area contributed by atoms with E-state index < -0.39 is 10.0 Å². The van der Waals surface area contributed by atoms with Crippen molar-refractivity contribution < 1.29 is 8.42 Å². The Bertz CT molecular complexity index is 567. The number of nitrogens with zero attached hydrogens (tertiary/aromatic N) is 2. The van der Waals surface area contributed by atoms with E-state index in [4.69, 9.17) is 0 Å². The van der Waals surface area contributed by atoms with E-state index >= 15 is 0 Å². The zero-order valence-electron chi connectivity index (χ0n) is 11.7. The van der Waals surface area contributed by atoms with Crippen molar-refractivity contribution in [1.29, 1.82) is 0 Å². The summed E-state index contributed by atoms with van der Waals surface area (Å²) in [6, 6.07) is 4.13. The van der Waals surface area contributed by atoms with E-state index in [1.54, 1.807) is 16.6 Å². The van der Waals surface area contributed by atoms with Crippen molar-refractivity contribution in [3.05, 3.63) is 23.9 Å². The molecule has 5 nitrogen and oxygen atoms in total. The van der Waals surface area contributed by atoms with Gasteiger partial charge in [-0.15, -0.1) is 0 Å². The highest BCUT2D eigenvalue weighted by Crippen LogP contribution is 2.23. The Morgan fingerprint density at radius 3 is 2.70 bits per heavy atom. The minimum atomic E-state index is -3.41. The monoisotopic (exact) mass is 295 g/mol. The summed E-state index contributed by atoms with van der Waals surface area (Å²) < 4.78 is 26.4. The molecule has 1 unspecified atom stereocenters. The molecule has 1 atom stereocenters. The number of nitrogens with one attached hydrogen (secondary N) is 1. The third-order valence-corrected chi connectivity index (χ3v) is 5.74. The third-order valence-electron chi connectivity index (χ3n) is 3.96. The van der Waals surface area contributed by atoms with Gasteiger partial charge in [-0.05, 0) is 36.8 Å². The summed E-state index contributed by atoms with van der Waals surface area (Å²) in [5, 5.41) is 3.56. The van der Waals surface area contributed by atoms with Gasteiger partial charge in [-0.25, -0.2) is 13.4 Å². The lowest BCUT2D eigenvalue weighted by Crippen LogP contribution is -2.29. The Morgan fingerprint density at radius 1 is 1.35 bits per heavy atom. The standard InChI is InChI=1S/C14H21N3O2S/c1-11-6-7-17(10-11)20(18,19)14-5-2-12(9-16-14)8-15-13-3-4-13/h2,5,9,11,13,15H,3-4,6-8,10H2,1H3. The first-order valence-electron chi connectivity index (χ1n) is 7.24. The van der Waals surface area contributed by atoms with Crippen molar-refractivity contribution in [1.82, 2.24) is 14.6 Å². The fourth-order valence-corrected chi connectivity index (χ4v) is 3.95. The average molecular weight is 295 g/mol. The summed E-state index contributed by atoms with van der Waals surface area (Å²) in [5.41, 5.74) is 1.03. The van der Waals surface area contributed by atoms with Gasteiger partial charge in [-0.2, -0.15) is 4.31 Å². The van der Waals surface area contributed by atoms with Crippen molar-refractivity contribution in [2.45, 2.75) is 43.8 Å². The molecule has 3 rings (SSSR count). The van der Waals surface area contributed by atoms with Crippen LogP contribution in [-0.4, -0.2) is 36.8 Å². The van der Waals surface area contributed by atoms with E-state index in [2.05, 4.69) is 17.2 Å². The predicted molar refractivity (Wildman–Crippen MR) is 76.6 cm³/mol. The maximum Gasteiger partial charge on any atom is 0.260 e. The highest BCUT2D eigenvalue weighted by molar-refractivity contribution is 7.89. The molecule has 0 spiro atoms. The van der Waals surface area contributed by atoms with Crippen molar-refractivity contribution in [2.24, 2.45) is 5.92 Å². The summed E-state index contributed by atoms with van der Waals surface area (Å²) >= 11 is 0. The Morgan fingerprint density at radius 2 is 2.15 bits per heavy atom. The summed E-state index contributed by atoms with van der Waals surface area (Å²) in [6.45, 7) is 4.06. The molecule has 0 amide bonds. The summed E-state index contributed by atoms with van der Waals surface area (Å²) in [6.07, 6.45) is 5.09. The zero-order valence-corrected chi connectivity index (χ0v) is 12.6. The Balaban J connectivity index is 1.69. The highest BCUT2D eigenvalue weighted by Gasteiger charge is 2.31. The van der Waals surface area contributed by atoms with Crippen LogP contribution in [0, 0.1) is 5.92 Å². The molecule has 1 aromatic rings. The van der Waals surface area contributed by atoms with Crippen molar-refractivity contribution in [3.63, 3.8) is 0 Å². The molecule has 1 N–H and O–H groups in total. The van der Waals surface area contributed by atoms with Gasteiger partial charge in [0.2, 0.25) is 0 Å². The quantitative estimate of drug-likeness (QED) is 0.891. The van der Waals surface area contributed by atoms with Gasteiger partial charge in [0, 0.05) is 31.9 Å². The van der Waals surface area contributed by atoms with E-state index in [0.717, 1.165) is 18.5 Å². The molecule has 20 heavy (non-hydrogen) atoms. The van der Waals surface area contributed by atoms with Crippen LogP contribution < -0.4 is 5.32 Å².